The fourth-order valence-electron chi connectivity index (χ4n) is 1.22. The Labute approximate surface area is 115 Å². The van der Waals surface area contributed by atoms with Crippen molar-refractivity contribution in [2.75, 3.05) is 13.1 Å². The molecule has 18 heavy (non-hydrogen) atoms. The second kappa shape index (κ2) is 7.86. The summed E-state index contributed by atoms with van der Waals surface area (Å²) in [5.41, 5.74) is 5.24. The van der Waals surface area contributed by atoms with E-state index in [2.05, 4.69) is 5.32 Å². The maximum atomic E-state index is 11.6. The zero-order valence-electron chi connectivity index (χ0n) is 9.39. The van der Waals surface area contributed by atoms with Crippen LogP contribution in [0, 0.1) is 10.1 Å². The van der Waals surface area contributed by atoms with E-state index in [1.807, 2.05) is 0 Å². The molecule has 0 aliphatic carbocycles. The highest BCUT2D eigenvalue weighted by Crippen LogP contribution is 2.20. The van der Waals surface area contributed by atoms with Crippen molar-refractivity contribution >= 4 is 35.6 Å². The number of nitro groups is 1. The molecule has 6 nitrogen and oxygen atoms in total. The van der Waals surface area contributed by atoms with Gasteiger partial charge in [-0.2, -0.15) is 0 Å². The lowest BCUT2D eigenvalue weighted by Gasteiger charge is -2.04. The van der Waals surface area contributed by atoms with Crippen molar-refractivity contribution < 1.29 is 9.72 Å². The zero-order chi connectivity index (χ0) is 12.8. The Bertz CT molecular complexity index is 440. The molecule has 1 amide bonds. The SMILES string of the molecule is Cl.NCCCNC(=O)c1cc(Cl)cc([N+](=O)[O-])c1. The molecule has 0 aromatic heterocycles. The number of nitrogens with two attached hydrogens (primary N) is 1. The summed E-state index contributed by atoms with van der Waals surface area (Å²) >= 11 is 5.70. The molecule has 0 fully saturated rings. The molecular weight excluding hydrogens is 281 g/mol. The number of nitrogens with one attached hydrogen (secondary N) is 1. The van der Waals surface area contributed by atoms with E-state index in [4.69, 9.17) is 17.3 Å². The Kier molecular flexibility index (Phi) is 7.26. The van der Waals surface area contributed by atoms with Crippen LogP contribution in [0.1, 0.15) is 16.8 Å². The molecular formula is C10H13Cl2N3O3. The molecule has 100 valence electrons. The van der Waals surface area contributed by atoms with E-state index in [9.17, 15) is 14.9 Å². The van der Waals surface area contributed by atoms with Gasteiger partial charge in [0.25, 0.3) is 11.6 Å². The number of carbonyl (C=O) groups excluding carboxylic acids is 1. The van der Waals surface area contributed by atoms with Gasteiger partial charge in [0, 0.05) is 29.3 Å². The number of carbonyl (C=O) groups is 1. The molecule has 0 heterocycles. The molecule has 0 spiro atoms. The van der Waals surface area contributed by atoms with Crippen LogP contribution in [0.5, 0.6) is 0 Å². The molecule has 0 aliphatic rings. The Morgan fingerprint density at radius 2 is 2.11 bits per heavy atom. The van der Waals surface area contributed by atoms with Crippen LogP contribution in [0.25, 0.3) is 0 Å². The van der Waals surface area contributed by atoms with E-state index in [0.29, 0.717) is 19.5 Å². The number of halogens is 2. The second-order valence-corrected chi connectivity index (χ2v) is 3.79. The van der Waals surface area contributed by atoms with Gasteiger partial charge in [-0.1, -0.05) is 11.6 Å². The lowest BCUT2D eigenvalue weighted by Crippen LogP contribution is -2.26. The Morgan fingerprint density at radius 1 is 1.44 bits per heavy atom. The number of nitrogens with zero attached hydrogens (tertiary/aromatic N) is 1. The van der Waals surface area contributed by atoms with Gasteiger partial charge < -0.3 is 11.1 Å². The van der Waals surface area contributed by atoms with Gasteiger partial charge in [0.1, 0.15) is 0 Å². The highest BCUT2D eigenvalue weighted by Gasteiger charge is 2.13. The predicted octanol–water partition coefficient (Wildman–Crippen LogP) is 1.75. The van der Waals surface area contributed by atoms with Crippen molar-refractivity contribution in [1.82, 2.24) is 5.32 Å². The maximum Gasteiger partial charge on any atom is 0.271 e. The van der Waals surface area contributed by atoms with Crippen molar-refractivity contribution in [3.8, 4) is 0 Å². The van der Waals surface area contributed by atoms with Crippen molar-refractivity contribution in [2.24, 2.45) is 5.73 Å². The van der Waals surface area contributed by atoms with Gasteiger partial charge in [-0.3, -0.25) is 14.9 Å². The molecule has 0 bridgehead atoms. The topological polar surface area (TPSA) is 98.3 Å². The number of hydrogen-bond donors (Lipinski definition) is 2. The van der Waals surface area contributed by atoms with E-state index < -0.39 is 10.8 Å². The number of hydrogen-bond acceptors (Lipinski definition) is 4. The van der Waals surface area contributed by atoms with Crippen molar-refractivity contribution in [2.45, 2.75) is 6.42 Å². The van der Waals surface area contributed by atoms with E-state index in [-0.39, 0.29) is 28.7 Å². The van der Waals surface area contributed by atoms with Gasteiger partial charge in [0.15, 0.2) is 0 Å². The summed E-state index contributed by atoms with van der Waals surface area (Å²) in [5, 5.41) is 13.3. The molecule has 0 saturated heterocycles. The summed E-state index contributed by atoms with van der Waals surface area (Å²) in [6, 6.07) is 3.76. The molecule has 0 radical (unpaired) electrons. The minimum atomic E-state index is -0.595. The van der Waals surface area contributed by atoms with Gasteiger partial charge in [-0.25, -0.2) is 0 Å². The lowest BCUT2D eigenvalue weighted by molar-refractivity contribution is -0.384. The third kappa shape index (κ3) is 4.87. The molecule has 0 atom stereocenters. The second-order valence-electron chi connectivity index (χ2n) is 3.35. The van der Waals surface area contributed by atoms with Crippen LogP contribution >= 0.6 is 24.0 Å². The quantitative estimate of drug-likeness (QED) is 0.491. The van der Waals surface area contributed by atoms with Crippen LogP contribution in [0.15, 0.2) is 18.2 Å². The zero-order valence-corrected chi connectivity index (χ0v) is 11.0. The van der Waals surface area contributed by atoms with Crippen LogP contribution in [0.4, 0.5) is 5.69 Å². The molecule has 1 aromatic carbocycles. The van der Waals surface area contributed by atoms with Crippen LogP contribution in [0.3, 0.4) is 0 Å². The number of non-ortho nitro benzene ring substituents is 1. The molecule has 3 N–H and O–H groups in total. The minimum absolute atomic E-state index is 0. The van der Waals surface area contributed by atoms with Gasteiger partial charge in [0.2, 0.25) is 0 Å². The van der Waals surface area contributed by atoms with Crippen LogP contribution in [0.2, 0.25) is 5.02 Å². The summed E-state index contributed by atoms with van der Waals surface area (Å²) in [6.45, 7) is 0.894. The van der Waals surface area contributed by atoms with Gasteiger partial charge in [-0.15, -0.1) is 12.4 Å². The van der Waals surface area contributed by atoms with E-state index in [0.717, 1.165) is 0 Å². The molecule has 1 aromatic rings. The van der Waals surface area contributed by atoms with Crippen molar-refractivity contribution in [3.63, 3.8) is 0 Å². The van der Waals surface area contributed by atoms with Crippen LogP contribution in [-0.2, 0) is 0 Å². The Hall–Kier alpha value is -1.37. The average molecular weight is 294 g/mol. The van der Waals surface area contributed by atoms with E-state index in [1.54, 1.807) is 0 Å². The summed E-state index contributed by atoms with van der Waals surface area (Å²) in [7, 11) is 0. The van der Waals surface area contributed by atoms with Crippen molar-refractivity contribution in [3.05, 3.63) is 38.9 Å². The smallest absolute Gasteiger partial charge is 0.271 e. The number of amides is 1. The van der Waals surface area contributed by atoms with Gasteiger partial charge >= 0.3 is 0 Å². The van der Waals surface area contributed by atoms with Gasteiger partial charge in [0.05, 0.1) is 4.92 Å². The monoisotopic (exact) mass is 293 g/mol. The number of nitro benzene ring substituents is 1. The number of benzene rings is 1. The van der Waals surface area contributed by atoms with Crippen LogP contribution in [-0.4, -0.2) is 23.9 Å². The van der Waals surface area contributed by atoms with Crippen LogP contribution < -0.4 is 11.1 Å². The largest absolute Gasteiger partial charge is 0.352 e. The third-order valence-electron chi connectivity index (χ3n) is 2.02. The van der Waals surface area contributed by atoms with E-state index in [1.165, 1.54) is 18.2 Å². The summed E-state index contributed by atoms with van der Waals surface area (Å²) < 4.78 is 0. The highest BCUT2D eigenvalue weighted by molar-refractivity contribution is 6.31. The predicted molar refractivity (Wildman–Crippen MR) is 71.4 cm³/mol. The number of rotatable bonds is 5. The highest BCUT2D eigenvalue weighted by atomic mass is 35.5. The first-order valence-electron chi connectivity index (χ1n) is 4.98. The first-order chi connectivity index (χ1) is 8.04. The molecule has 0 saturated carbocycles. The molecule has 1 rings (SSSR count). The lowest BCUT2D eigenvalue weighted by atomic mass is 10.2. The Balaban J connectivity index is 0.00000289. The first-order valence-corrected chi connectivity index (χ1v) is 5.35. The van der Waals surface area contributed by atoms with Gasteiger partial charge in [-0.05, 0) is 19.0 Å². The minimum Gasteiger partial charge on any atom is -0.352 e. The summed E-state index contributed by atoms with van der Waals surface area (Å²) in [4.78, 5) is 21.6. The maximum absolute atomic E-state index is 11.6. The summed E-state index contributed by atoms with van der Waals surface area (Å²) in [5.74, 6) is -0.399. The first kappa shape index (κ1) is 16.6. The molecule has 0 aliphatic heterocycles. The van der Waals surface area contributed by atoms with Crippen molar-refractivity contribution in [1.29, 1.82) is 0 Å². The van der Waals surface area contributed by atoms with E-state index >= 15 is 0 Å². The fourth-order valence-corrected chi connectivity index (χ4v) is 1.45. The molecule has 0 unspecified atom stereocenters. The standard InChI is InChI=1S/C10H12ClN3O3.ClH/c11-8-4-7(5-9(6-8)14(16)17)10(15)13-3-1-2-12;/h4-6H,1-3,12H2,(H,13,15);1H. The Morgan fingerprint density at radius 3 is 2.67 bits per heavy atom. The molecule has 8 heteroatoms. The fraction of sp³-hybridized carbons (Fsp3) is 0.300. The normalized spacial score (nSPS) is 9.44. The average Bonchev–Trinajstić information content (AvgIpc) is 2.28. The third-order valence-corrected chi connectivity index (χ3v) is 2.24. The summed E-state index contributed by atoms with van der Waals surface area (Å²) in [6.07, 6.45) is 0.647.